The van der Waals surface area contributed by atoms with Gasteiger partial charge in [0, 0.05) is 17.1 Å². The van der Waals surface area contributed by atoms with E-state index in [0.717, 1.165) is 0 Å². The quantitative estimate of drug-likeness (QED) is 0.390. The topological polar surface area (TPSA) is 0 Å². The van der Waals surface area contributed by atoms with E-state index in [0.29, 0.717) is 0 Å². The van der Waals surface area contributed by atoms with Crippen molar-refractivity contribution in [1.29, 1.82) is 0 Å². The first-order chi connectivity index (χ1) is 0. The molecule has 0 aliphatic heterocycles. The molecule has 0 spiro atoms. The van der Waals surface area contributed by atoms with Crippen molar-refractivity contribution in [3.63, 3.8) is 0 Å². The Balaban J connectivity index is 0. The maximum absolute atomic E-state index is 0. The Labute approximate surface area is 85.6 Å². The van der Waals surface area contributed by atoms with Crippen LogP contribution >= 0.6 is 0 Å². The van der Waals surface area contributed by atoms with E-state index < -0.39 is 0 Å². The normalized spacial score (nSPS) is 0. The average Bonchev–Trinajstić information content (AvgIpc) is 0. The molecule has 0 nitrogen and oxygen atoms in total. The first-order valence-corrected chi connectivity index (χ1v) is 0. The third kappa shape index (κ3) is 20.7. The van der Waals surface area contributed by atoms with Crippen LogP contribution in [-0.2, 0) is 17.1 Å². The second kappa shape index (κ2) is 30.6. The van der Waals surface area contributed by atoms with Crippen molar-refractivity contribution in [2.24, 2.45) is 0 Å². The summed E-state index contributed by atoms with van der Waals surface area (Å²) in [6.45, 7) is 0. The van der Waals surface area contributed by atoms with Crippen molar-refractivity contribution in [3.8, 4) is 0 Å². The molecule has 0 aromatic rings. The van der Waals surface area contributed by atoms with Crippen molar-refractivity contribution in [1.82, 2.24) is 0 Å². The van der Waals surface area contributed by atoms with Crippen LogP contribution in [0, 0.1) is 0 Å². The molecule has 0 rings (SSSR count). The molecule has 0 saturated carbocycles. The van der Waals surface area contributed by atoms with Crippen molar-refractivity contribution in [2.45, 2.75) is 0 Å². The van der Waals surface area contributed by atoms with Crippen molar-refractivity contribution in [3.05, 3.63) is 0 Å². The molecule has 0 bridgehead atoms. The molecule has 0 fully saturated rings. The molecule has 0 heterocycles. The fourth-order valence-electron chi connectivity index (χ4n) is 0. The SMILES string of the molecule is [AlH2].[AlH3].[Mn].[SiH3].[SnH2]. The molecular formula is H10Al2MnSiSn. The zero-order chi connectivity index (χ0) is 0. The Hall–Kier alpha value is 2.60. The summed E-state index contributed by atoms with van der Waals surface area (Å²) in [4.78, 5) is 0. The molecule has 0 aromatic carbocycles. The summed E-state index contributed by atoms with van der Waals surface area (Å²) in [5.74, 6) is 0. The fourth-order valence-corrected chi connectivity index (χ4v) is 0. The summed E-state index contributed by atoms with van der Waals surface area (Å²) in [6.07, 6.45) is 0. The van der Waals surface area contributed by atoms with Gasteiger partial charge in [0.05, 0.1) is 0 Å². The van der Waals surface area contributed by atoms with Crippen LogP contribution in [0.15, 0.2) is 0 Å². The van der Waals surface area contributed by atoms with Gasteiger partial charge in [-0.3, -0.25) is 0 Å². The molecule has 5 heteroatoms. The molecular weight excluding hydrogens is 256 g/mol. The van der Waals surface area contributed by atoms with Crippen LogP contribution in [0.25, 0.3) is 0 Å². The number of hydrogen-bond acceptors (Lipinski definition) is 0. The van der Waals surface area contributed by atoms with Crippen LogP contribution in [0.5, 0.6) is 0 Å². The minimum absolute atomic E-state index is 0. The van der Waals surface area contributed by atoms with Crippen LogP contribution in [0.4, 0.5) is 0 Å². The van der Waals surface area contributed by atoms with Crippen molar-refractivity contribution in [2.75, 3.05) is 0 Å². The predicted octanol–water partition coefficient (Wildman–Crippen LogP) is -4.20. The molecule has 0 atom stereocenters. The molecule has 0 unspecified atom stereocenters. The van der Waals surface area contributed by atoms with E-state index >= 15 is 0 Å². The molecule has 0 N–H and O–H groups in total. The van der Waals surface area contributed by atoms with Gasteiger partial charge in [-0.1, -0.05) is 0 Å². The summed E-state index contributed by atoms with van der Waals surface area (Å²) >= 11 is 0. The van der Waals surface area contributed by atoms with Gasteiger partial charge in [-0.25, -0.2) is 0 Å². The van der Waals surface area contributed by atoms with Gasteiger partial charge in [-0.15, -0.1) is 0 Å². The second-order valence-corrected chi connectivity index (χ2v) is 0. The summed E-state index contributed by atoms with van der Waals surface area (Å²) in [7, 11) is 0. The van der Waals surface area contributed by atoms with Gasteiger partial charge in [0.25, 0.3) is 0 Å². The third-order valence-corrected chi connectivity index (χ3v) is 0. The standard InChI is InChI=1S/2Al.Mn.H3Si.Sn.7H/h;;;1H3;;;;;;;;. The predicted molar refractivity (Wildman–Crippen MR) is 37.0 cm³/mol. The Bertz CT molecular complexity index is 9.61. The van der Waals surface area contributed by atoms with Gasteiger partial charge in [0.1, 0.15) is 17.4 Å². The number of rotatable bonds is 0. The molecule has 0 aliphatic rings. The average molecular weight is 266 g/mol. The molecule has 5 radical (unpaired) electrons. The van der Waals surface area contributed by atoms with E-state index in [9.17, 15) is 0 Å². The van der Waals surface area contributed by atoms with Gasteiger partial charge >= 0.3 is 23.9 Å². The first kappa shape index (κ1) is 49.0. The molecule has 0 saturated heterocycles. The van der Waals surface area contributed by atoms with Crippen LogP contribution in [0.2, 0.25) is 0 Å². The zero-order valence-corrected chi connectivity index (χ0v) is 12.3. The minimum atomic E-state index is 0. The third-order valence-electron chi connectivity index (χ3n) is 0. The molecule has 31 valence electrons. The van der Waals surface area contributed by atoms with Gasteiger partial charge in [0.2, 0.25) is 0 Å². The van der Waals surface area contributed by atoms with Gasteiger partial charge < -0.3 is 0 Å². The van der Waals surface area contributed by atoms with Gasteiger partial charge in [-0.2, -0.15) is 0 Å². The van der Waals surface area contributed by atoms with E-state index in [-0.39, 0.29) is 86.7 Å². The van der Waals surface area contributed by atoms with Crippen LogP contribution in [0.1, 0.15) is 0 Å². The fraction of sp³-hybridized carbons (Fsp3) is 0. The Kier molecular flexibility index (Phi) is 300. The summed E-state index contributed by atoms with van der Waals surface area (Å²) < 4.78 is 0. The summed E-state index contributed by atoms with van der Waals surface area (Å²) in [5.41, 5.74) is 0. The van der Waals surface area contributed by atoms with Gasteiger partial charge in [-0.05, 0) is 11.0 Å². The maximum atomic E-state index is 0. The molecule has 0 aliphatic carbocycles. The van der Waals surface area contributed by atoms with E-state index in [4.69, 9.17) is 0 Å². The second-order valence-electron chi connectivity index (χ2n) is 0. The summed E-state index contributed by atoms with van der Waals surface area (Å²) in [6, 6.07) is 0. The van der Waals surface area contributed by atoms with E-state index in [1.807, 2.05) is 0 Å². The van der Waals surface area contributed by atoms with Crippen LogP contribution in [-0.4, -0.2) is 69.6 Å². The molecule has 0 amide bonds. The Morgan fingerprint density at radius 3 is 1.00 bits per heavy atom. The zero-order valence-electron chi connectivity index (χ0n) is 3.09. The van der Waals surface area contributed by atoms with E-state index in [1.54, 1.807) is 0 Å². The van der Waals surface area contributed by atoms with Crippen LogP contribution in [0.3, 0.4) is 0 Å². The van der Waals surface area contributed by atoms with Gasteiger partial charge in [0.15, 0.2) is 17.4 Å². The first-order valence-electron chi connectivity index (χ1n) is 0. The van der Waals surface area contributed by atoms with Crippen molar-refractivity contribution < 1.29 is 17.1 Å². The monoisotopic (exact) mass is 267 g/mol. The Morgan fingerprint density at radius 2 is 1.00 bits per heavy atom. The van der Waals surface area contributed by atoms with Crippen molar-refractivity contribution >= 4 is 69.6 Å². The Morgan fingerprint density at radius 1 is 1.00 bits per heavy atom. The number of hydrogen-bond donors (Lipinski definition) is 0. The summed E-state index contributed by atoms with van der Waals surface area (Å²) in [5, 5.41) is 0. The molecule has 0 aromatic heterocycles. The van der Waals surface area contributed by atoms with E-state index in [2.05, 4.69) is 0 Å². The van der Waals surface area contributed by atoms with E-state index in [1.165, 1.54) is 0 Å². The van der Waals surface area contributed by atoms with Crippen LogP contribution < -0.4 is 0 Å². The molecule has 5 heavy (non-hydrogen) atoms.